The van der Waals surface area contributed by atoms with Crippen LogP contribution in [0.4, 0.5) is 5.82 Å². The van der Waals surface area contributed by atoms with E-state index in [-0.39, 0.29) is 11.8 Å². The maximum Gasteiger partial charge on any atom is 0.251 e. The Labute approximate surface area is 140 Å². The Morgan fingerprint density at radius 2 is 1.91 bits per heavy atom. The SMILES string of the molecule is Cc1cccnc1NC(=O)CCCNC(=O)c1ccc(Cl)cc1. The second-order valence-electron chi connectivity index (χ2n) is 5.08. The van der Waals surface area contributed by atoms with Gasteiger partial charge in [0.05, 0.1) is 0 Å². The zero-order valence-corrected chi connectivity index (χ0v) is 13.6. The summed E-state index contributed by atoms with van der Waals surface area (Å²) in [5, 5.41) is 6.12. The molecule has 0 fully saturated rings. The van der Waals surface area contributed by atoms with E-state index in [0.29, 0.717) is 35.8 Å². The summed E-state index contributed by atoms with van der Waals surface area (Å²) < 4.78 is 0. The Morgan fingerprint density at radius 1 is 1.17 bits per heavy atom. The summed E-state index contributed by atoms with van der Waals surface area (Å²) in [4.78, 5) is 27.8. The maximum atomic E-state index is 11.9. The van der Waals surface area contributed by atoms with Gasteiger partial charge in [-0.15, -0.1) is 0 Å². The number of nitrogens with zero attached hydrogens (tertiary/aromatic N) is 1. The summed E-state index contributed by atoms with van der Waals surface area (Å²) >= 11 is 5.77. The molecule has 6 heteroatoms. The van der Waals surface area contributed by atoms with Gasteiger partial charge in [-0.05, 0) is 49.2 Å². The lowest BCUT2D eigenvalue weighted by Crippen LogP contribution is -2.25. The molecule has 0 spiro atoms. The summed E-state index contributed by atoms with van der Waals surface area (Å²) in [5.74, 6) is 0.276. The quantitative estimate of drug-likeness (QED) is 0.798. The van der Waals surface area contributed by atoms with Crippen molar-refractivity contribution in [1.82, 2.24) is 10.3 Å². The van der Waals surface area contributed by atoms with Crippen LogP contribution in [0, 0.1) is 6.92 Å². The lowest BCUT2D eigenvalue weighted by Gasteiger charge is -2.07. The number of anilines is 1. The molecule has 23 heavy (non-hydrogen) atoms. The van der Waals surface area contributed by atoms with E-state index in [1.165, 1.54) is 0 Å². The molecular formula is C17H18ClN3O2. The molecule has 120 valence electrons. The molecule has 5 nitrogen and oxygen atoms in total. The Hall–Kier alpha value is -2.40. The van der Waals surface area contributed by atoms with E-state index >= 15 is 0 Å². The first kappa shape index (κ1) is 17.0. The average Bonchev–Trinajstić information content (AvgIpc) is 2.54. The smallest absolute Gasteiger partial charge is 0.251 e. The molecule has 0 bridgehead atoms. The fourth-order valence-corrected chi connectivity index (χ4v) is 2.09. The monoisotopic (exact) mass is 331 g/mol. The van der Waals surface area contributed by atoms with Gasteiger partial charge in [-0.1, -0.05) is 17.7 Å². The van der Waals surface area contributed by atoms with Gasteiger partial charge in [-0.25, -0.2) is 4.98 Å². The summed E-state index contributed by atoms with van der Waals surface area (Å²) in [5.41, 5.74) is 1.46. The van der Waals surface area contributed by atoms with Crippen molar-refractivity contribution in [3.63, 3.8) is 0 Å². The number of aromatic nitrogens is 1. The molecule has 1 aromatic heterocycles. The Morgan fingerprint density at radius 3 is 2.61 bits per heavy atom. The molecule has 0 atom stereocenters. The minimum absolute atomic E-state index is 0.118. The van der Waals surface area contributed by atoms with Crippen LogP contribution in [0.3, 0.4) is 0 Å². The molecule has 0 saturated carbocycles. The van der Waals surface area contributed by atoms with E-state index in [4.69, 9.17) is 11.6 Å². The van der Waals surface area contributed by atoms with Crippen molar-refractivity contribution < 1.29 is 9.59 Å². The van der Waals surface area contributed by atoms with Gasteiger partial charge in [-0.2, -0.15) is 0 Å². The number of hydrogen-bond donors (Lipinski definition) is 2. The number of hydrogen-bond acceptors (Lipinski definition) is 3. The third kappa shape index (κ3) is 5.38. The van der Waals surface area contributed by atoms with Crippen LogP contribution in [0.15, 0.2) is 42.6 Å². The van der Waals surface area contributed by atoms with Gasteiger partial charge in [-0.3, -0.25) is 9.59 Å². The highest BCUT2D eigenvalue weighted by Crippen LogP contribution is 2.10. The van der Waals surface area contributed by atoms with E-state index in [0.717, 1.165) is 5.56 Å². The fourth-order valence-electron chi connectivity index (χ4n) is 1.97. The second kappa shape index (κ2) is 8.29. The molecule has 1 heterocycles. The molecule has 0 aliphatic rings. The topological polar surface area (TPSA) is 71.1 Å². The van der Waals surface area contributed by atoms with Gasteiger partial charge in [0, 0.05) is 29.7 Å². The first-order chi connectivity index (χ1) is 11.1. The normalized spacial score (nSPS) is 10.2. The number of nitrogens with one attached hydrogen (secondary N) is 2. The highest BCUT2D eigenvalue weighted by Gasteiger charge is 2.07. The van der Waals surface area contributed by atoms with Crippen molar-refractivity contribution in [2.45, 2.75) is 19.8 Å². The van der Waals surface area contributed by atoms with Crippen LogP contribution in [-0.2, 0) is 4.79 Å². The number of benzene rings is 1. The van der Waals surface area contributed by atoms with Crippen molar-refractivity contribution in [2.75, 3.05) is 11.9 Å². The zero-order valence-electron chi connectivity index (χ0n) is 12.8. The number of carbonyl (C=O) groups excluding carboxylic acids is 2. The van der Waals surface area contributed by atoms with Gasteiger partial charge in [0.2, 0.25) is 5.91 Å². The molecule has 0 saturated heterocycles. The minimum atomic E-state index is -0.178. The first-order valence-corrected chi connectivity index (χ1v) is 7.69. The molecule has 0 aliphatic heterocycles. The summed E-state index contributed by atoms with van der Waals surface area (Å²) in [6.07, 6.45) is 2.50. The van der Waals surface area contributed by atoms with Gasteiger partial charge in [0.15, 0.2) is 0 Å². The number of rotatable bonds is 6. The van der Waals surface area contributed by atoms with Gasteiger partial charge in [0.25, 0.3) is 5.91 Å². The summed E-state index contributed by atoms with van der Waals surface area (Å²) in [7, 11) is 0. The summed E-state index contributed by atoms with van der Waals surface area (Å²) in [6, 6.07) is 10.4. The average molecular weight is 332 g/mol. The molecule has 0 aliphatic carbocycles. The number of aryl methyl sites for hydroxylation is 1. The number of carbonyl (C=O) groups is 2. The van der Waals surface area contributed by atoms with Gasteiger partial charge in [0.1, 0.15) is 5.82 Å². The highest BCUT2D eigenvalue weighted by molar-refractivity contribution is 6.30. The van der Waals surface area contributed by atoms with Crippen LogP contribution in [0.25, 0.3) is 0 Å². The molecule has 2 rings (SSSR count). The van der Waals surface area contributed by atoms with E-state index < -0.39 is 0 Å². The highest BCUT2D eigenvalue weighted by atomic mass is 35.5. The predicted octanol–water partition coefficient (Wildman–Crippen LogP) is 3.19. The van der Waals surface area contributed by atoms with Crippen LogP contribution in [0.5, 0.6) is 0 Å². The number of amides is 2. The van der Waals surface area contributed by atoms with Gasteiger partial charge >= 0.3 is 0 Å². The van der Waals surface area contributed by atoms with E-state index in [1.54, 1.807) is 30.5 Å². The summed E-state index contributed by atoms with van der Waals surface area (Å²) in [6.45, 7) is 2.31. The third-order valence-corrected chi connectivity index (χ3v) is 3.49. The molecule has 1 aromatic carbocycles. The Kier molecular flexibility index (Phi) is 6.11. The fraction of sp³-hybridized carbons (Fsp3) is 0.235. The molecule has 0 radical (unpaired) electrons. The molecule has 2 N–H and O–H groups in total. The van der Waals surface area contributed by atoms with E-state index in [1.807, 2.05) is 19.1 Å². The van der Waals surface area contributed by atoms with Crippen molar-refractivity contribution in [1.29, 1.82) is 0 Å². The molecule has 2 aromatic rings. The predicted molar refractivity (Wildman–Crippen MR) is 90.6 cm³/mol. The van der Waals surface area contributed by atoms with Crippen molar-refractivity contribution >= 4 is 29.2 Å². The largest absolute Gasteiger partial charge is 0.352 e. The minimum Gasteiger partial charge on any atom is -0.352 e. The van der Waals surface area contributed by atoms with Crippen molar-refractivity contribution in [3.8, 4) is 0 Å². The van der Waals surface area contributed by atoms with Crippen LogP contribution in [-0.4, -0.2) is 23.3 Å². The Bertz CT molecular complexity index is 686. The molecular weight excluding hydrogens is 314 g/mol. The van der Waals surface area contributed by atoms with E-state index in [9.17, 15) is 9.59 Å². The van der Waals surface area contributed by atoms with Crippen molar-refractivity contribution in [3.05, 3.63) is 58.7 Å². The first-order valence-electron chi connectivity index (χ1n) is 7.31. The van der Waals surface area contributed by atoms with Gasteiger partial charge < -0.3 is 10.6 Å². The second-order valence-corrected chi connectivity index (χ2v) is 5.52. The molecule has 2 amide bonds. The maximum absolute atomic E-state index is 11.9. The Balaban J connectivity index is 1.71. The number of halogens is 1. The van der Waals surface area contributed by atoms with Crippen LogP contribution >= 0.6 is 11.6 Å². The lowest BCUT2D eigenvalue weighted by molar-refractivity contribution is -0.116. The standard InChI is InChI=1S/C17H18ClN3O2/c1-12-4-2-10-19-16(12)21-15(22)5-3-11-20-17(23)13-6-8-14(18)9-7-13/h2,4,6-10H,3,5,11H2,1H3,(H,20,23)(H,19,21,22). The van der Waals surface area contributed by atoms with Crippen LogP contribution in [0.1, 0.15) is 28.8 Å². The van der Waals surface area contributed by atoms with E-state index in [2.05, 4.69) is 15.6 Å². The van der Waals surface area contributed by atoms with Crippen LogP contribution in [0.2, 0.25) is 5.02 Å². The number of pyridine rings is 1. The lowest BCUT2D eigenvalue weighted by atomic mass is 10.2. The zero-order chi connectivity index (χ0) is 16.7. The molecule has 0 unspecified atom stereocenters. The van der Waals surface area contributed by atoms with Crippen molar-refractivity contribution in [2.24, 2.45) is 0 Å². The van der Waals surface area contributed by atoms with Crippen LogP contribution < -0.4 is 10.6 Å². The third-order valence-electron chi connectivity index (χ3n) is 3.24.